The molecule has 0 aliphatic carbocycles. The Hall–Kier alpha value is -2.40. The molecule has 5 heteroatoms. The highest BCUT2D eigenvalue weighted by Gasteiger charge is 2.07. The van der Waals surface area contributed by atoms with E-state index in [9.17, 15) is 0 Å². The summed E-state index contributed by atoms with van der Waals surface area (Å²) in [7, 11) is 0. The van der Waals surface area contributed by atoms with Gasteiger partial charge in [-0.15, -0.1) is 6.58 Å². The van der Waals surface area contributed by atoms with Gasteiger partial charge in [-0.2, -0.15) is 4.98 Å². The van der Waals surface area contributed by atoms with Crippen LogP contribution in [0.15, 0.2) is 49.1 Å². The topological polar surface area (TPSA) is 73.1 Å². The van der Waals surface area contributed by atoms with Gasteiger partial charge in [0.2, 0.25) is 5.88 Å². The zero-order chi connectivity index (χ0) is 14.2. The van der Waals surface area contributed by atoms with E-state index in [4.69, 9.17) is 10.6 Å². The molecule has 1 heterocycles. The second kappa shape index (κ2) is 7.25. The van der Waals surface area contributed by atoms with Crippen LogP contribution in [0.1, 0.15) is 12.8 Å². The van der Waals surface area contributed by atoms with Crippen molar-refractivity contribution < 1.29 is 4.74 Å². The Morgan fingerprint density at radius 2 is 2.05 bits per heavy atom. The van der Waals surface area contributed by atoms with Gasteiger partial charge in [-0.25, -0.2) is 10.8 Å². The Morgan fingerprint density at radius 1 is 1.25 bits per heavy atom. The first-order valence-corrected chi connectivity index (χ1v) is 6.48. The summed E-state index contributed by atoms with van der Waals surface area (Å²) in [4.78, 5) is 8.72. The zero-order valence-corrected chi connectivity index (χ0v) is 11.2. The molecule has 0 aliphatic heterocycles. The molecule has 0 unspecified atom stereocenters. The average Bonchev–Trinajstić information content (AvgIpc) is 2.52. The van der Waals surface area contributed by atoms with Crippen molar-refractivity contribution in [3.8, 4) is 17.3 Å². The number of aromatic nitrogens is 2. The Bertz CT molecular complexity index is 557. The highest BCUT2D eigenvalue weighted by atomic mass is 16.5. The van der Waals surface area contributed by atoms with Gasteiger partial charge in [0.05, 0.1) is 6.61 Å². The second-order valence-corrected chi connectivity index (χ2v) is 4.20. The minimum absolute atomic E-state index is 0.510. The van der Waals surface area contributed by atoms with E-state index in [0.717, 1.165) is 18.4 Å². The predicted molar refractivity (Wildman–Crippen MR) is 80.2 cm³/mol. The van der Waals surface area contributed by atoms with Crippen LogP contribution >= 0.6 is 0 Å². The van der Waals surface area contributed by atoms with Crippen LogP contribution in [0.4, 0.5) is 5.82 Å². The molecule has 0 radical (unpaired) electrons. The van der Waals surface area contributed by atoms with Gasteiger partial charge in [0, 0.05) is 11.6 Å². The van der Waals surface area contributed by atoms with E-state index in [0.29, 0.717) is 24.1 Å². The van der Waals surface area contributed by atoms with Crippen molar-refractivity contribution in [2.45, 2.75) is 12.8 Å². The summed E-state index contributed by atoms with van der Waals surface area (Å²) in [5, 5.41) is 0. The van der Waals surface area contributed by atoms with Gasteiger partial charge in [0.1, 0.15) is 5.82 Å². The number of allylic oxidation sites excluding steroid dienone is 1. The second-order valence-electron chi connectivity index (χ2n) is 4.20. The van der Waals surface area contributed by atoms with Crippen LogP contribution in [0.25, 0.3) is 11.4 Å². The number of ether oxygens (including phenoxy) is 1. The first-order chi connectivity index (χ1) is 9.83. The lowest BCUT2D eigenvalue weighted by molar-refractivity contribution is 0.300. The van der Waals surface area contributed by atoms with Crippen molar-refractivity contribution in [3.05, 3.63) is 49.1 Å². The Kier molecular flexibility index (Phi) is 5.08. The summed E-state index contributed by atoms with van der Waals surface area (Å²) in [5.41, 5.74) is 3.45. The Balaban J connectivity index is 2.18. The van der Waals surface area contributed by atoms with Gasteiger partial charge in [0.25, 0.3) is 0 Å². The molecule has 2 aromatic rings. The molecule has 2 rings (SSSR count). The predicted octanol–water partition coefficient (Wildman–Crippen LogP) is 2.77. The number of hydrogen-bond donors (Lipinski definition) is 2. The van der Waals surface area contributed by atoms with Crippen LogP contribution in [0.3, 0.4) is 0 Å². The number of nitrogen functional groups attached to an aromatic ring is 1. The summed E-state index contributed by atoms with van der Waals surface area (Å²) < 4.78 is 5.62. The molecule has 104 valence electrons. The molecule has 0 saturated heterocycles. The van der Waals surface area contributed by atoms with Crippen LogP contribution in [0.5, 0.6) is 5.88 Å². The summed E-state index contributed by atoms with van der Waals surface area (Å²) in [6.07, 6.45) is 3.68. The molecule has 3 N–H and O–H groups in total. The van der Waals surface area contributed by atoms with Crippen molar-refractivity contribution >= 4 is 5.82 Å². The van der Waals surface area contributed by atoms with Gasteiger partial charge in [0.15, 0.2) is 5.82 Å². The smallest absolute Gasteiger partial charge is 0.219 e. The monoisotopic (exact) mass is 270 g/mol. The fourth-order valence-electron chi connectivity index (χ4n) is 1.69. The molecular formula is C15H18N4O. The molecule has 0 atom stereocenters. The molecule has 1 aromatic heterocycles. The number of nitrogens with one attached hydrogen (secondary N) is 1. The van der Waals surface area contributed by atoms with Gasteiger partial charge < -0.3 is 10.2 Å². The third-order valence-corrected chi connectivity index (χ3v) is 2.69. The van der Waals surface area contributed by atoms with E-state index < -0.39 is 0 Å². The number of hydrazine groups is 1. The first-order valence-electron chi connectivity index (χ1n) is 6.48. The third-order valence-electron chi connectivity index (χ3n) is 2.69. The van der Waals surface area contributed by atoms with Gasteiger partial charge in [-0.1, -0.05) is 36.4 Å². The summed E-state index contributed by atoms with van der Waals surface area (Å²) in [5.74, 6) is 7.05. The minimum atomic E-state index is 0.510. The molecular weight excluding hydrogens is 252 g/mol. The Morgan fingerprint density at radius 3 is 2.75 bits per heavy atom. The normalized spacial score (nSPS) is 10.1. The quantitative estimate of drug-likeness (QED) is 0.350. The zero-order valence-electron chi connectivity index (χ0n) is 11.2. The van der Waals surface area contributed by atoms with Crippen molar-refractivity contribution in [1.29, 1.82) is 0 Å². The maximum atomic E-state index is 5.62. The van der Waals surface area contributed by atoms with Crippen molar-refractivity contribution in [1.82, 2.24) is 9.97 Å². The number of nitrogens with zero attached hydrogens (tertiary/aromatic N) is 2. The first kappa shape index (κ1) is 14.0. The molecule has 0 aliphatic rings. The van der Waals surface area contributed by atoms with Crippen molar-refractivity contribution in [2.75, 3.05) is 12.0 Å². The van der Waals surface area contributed by atoms with E-state index in [1.165, 1.54) is 0 Å². The highest BCUT2D eigenvalue weighted by Crippen LogP contribution is 2.20. The lowest BCUT2D eigenvalue weighted by Gasteiger charge is -2.09. The molecule has 0 spiro atoms. The molecule has 0 amide bonds. The number of hydrogen-bond acceptors (Lipinski definition) is 5. The van der Waals surface area contributed by atoms with E-state index in [2.05, 4.69) is 22.0 Å². The van der Waals surface area contributed by atoms with E-state index in [-0.39, 0.29) is 0 Å². The SMILES string of the molecule is C=CCCCOc1cc(NN)nc(-c2ccccc2)n1. The largest absolute Gasteiger partial charge is 0.478 e. The summed E-state index contributed by atoms with van der Waals surface area (Å²) >= 11 is 0. The minimum Gasteiger partial charge on any atom is -0.478 e. The number of nitrogens with two attached hydrogens (primary N) is 1. The van der Waals surface area contributed by atoms with Crippen molar-refractivity contribution in [2.24, 2.45) is 5.84 Å². The Labute approximate surface area is 118 Å². The van der Waals surface area contributed by atoms with E-state index in [1.807, 2.05) is 36.4 Å². The number of rotatable bonds is 7. The molecule has 0 bridgehead atoms. The van der Waals surface area contributed by atoms with Crippen LogP contribution < -0.4 is 16.0 Å². The number of benzene rings is 1. The van der Waals surface area contributed by atoms with Crippen molar-refractivity contribution in [3.63, 3.8) is 0 Å². The lowest BCUT2D eigenvalue weighted by Crippen LogP contribution is -2.10. The average molecular weight is 270 g/mol. The van der Waals surface area contributed by atoms with Crippen LogP contribution in [0.2, 0.25) is 0 Å². The lowest BCUT2D eigenvalue weighted by atomic mass is 10.2. The van der Waals surface area contributed by atoms with E-state index in [1.54, 1.807) is 6.07 Å². The molecule has 0 saturated carbocycles. The van der Waals surface area contributed by atoms with E-state index >= 15 is 0 Å². The summed E-state index contributed by atoms with van der Waals surface area (Å²) in [6.45, 7) is 4.26. The molecule has 20 heavy (non-hydrogen) atoms. The highest BCUT2D eigenvalue weighted by molar-refractivity contribution is 5.57. The molecule has 5 nitrogen and oxygen atoms in total. The van der Waals surface area contributed by atoms with Gasteiger partial charge in [-0.3, -0.25) is 0 Å². The number of unbranched alkanes of at least 4 members (excludes halogenated alkanes) is 1. The van der Waals surface area contributed by atoms with Gasteiger partial charge >= 0.3 is 0 Å². The number of anilines is 1. The van der Waals surface area contributed by atoms with Crippen LogP contribution in [0, 0.1) is 0 Å². The molecule has 0 fully saturated rings. The third kappa shape index (κ3) is 3.80. The fourth-order valence-corrected chi connectivity index (χ4v) is 1.69. The van der Waals surface area contributed by atoms with Crippen LogP contribution in [-0.4, -0.2) is 16.6 Å². The maximum absolute atomic E-state index is 5.62. The molecule has 1 aromatic carbocycles. The standard InChI is InChI=1S/C15H18N4O/c1-2-3-7-10-20-14-11-13(19-16)17-15(18-14)12-8-5-4-6-9-12/h2,4-6,8-9,11H,1,3,7,10,16H2,(H,17,18,19). The van der Waals surface area contributed by atoms with Gasteiger partial charge in [-0.05, 0) is 12.8 Å². The maximum Gasteiger partial charge on any atom is 0.219 e. The van der Waals surface area contributed by atoms with Crippen LogP contribution in [-0.2, 0) is 0 Å². The summed E-state index contributed by atoms with van der Waals surface area (Å²) in [6, 6.07) is 11.4. The fraction of sp³-hybridized carbons (Fsp3) is 0.200.